The number of aliphatic hydroxyl groups excluding tert-OH is 1. The van der Waals surface area contributed by atoms with Crippen LogP contribution in [0.5, 0.6) is 0 Å². The highest BCUT2D eigenvalue weighted by Gasteiger charge is 2.61. The van der Waals surface area contributed by atoms with Crippen molar-refractivity contribution in [1.29, 1.82) is 0 Å². The Bertz CT molecular complexity index is 866. The highest BCUT2D eigenvalue weighted by atomic mass is 16.5. The molecule has 1 unspecified atom stereocenters. The third kappa shape index (κ3) is 3.16. The molecule has 3 N–H and O–H groups in total. The van der Waals surface area contributed by atoms with Crippen LogP contribution in [0, 0.1) is 35.0 Å². The molecule has 4 nitrogen and oxygen atoms in total. The third-order valence-corrected chi connectivity index (χ3v) is 11.5. The van der Waals surface area contributed by atoms with E-state index >= 15 is 0 Å². The first-order valence-corrected chi connectivity index (χ1v) is 14.0. The smallest absolute Gasteiger partial charge is 0.0937 e. The van der Waals surface area contributed by atoms with E-state index in [2.05, 4.69) is 38.7 Å². The van der Waals surface area contributed by atoms with Crippen molar-refractivity contribution in [2.45, 2.75) is 103 Å². The summed E-state index contributed by atoms with van der Waals surface area (Å²) in [6, 6.07) is 0.520. The molecule has 4 heteroatoms. The predicted molar refractivity (Wildman–Crippen MR) is 133 cm³/mol. The lowest BCUT2D eigenvalue weighted by molar-refractivity contribution is -0.0645. The van der Waals surface area contributed by atoms with E-state index in [1.807, 2.05) is 0 Å². The molecule has 0 aromatic heterocycles. The van der Waals surface area contributed by atoms with Gasteiger partial charge in [-0.05, 0) is 93.0 Å². The monoisotopic (exact) mass is 454 g/mol. The summed E-state index contributed by atoms with van der Waals surface area (Å²) in [5.41, 5.74) is 11.2. The highest BCUT2D eigenvalue weighted by Crippen LogP contribution is 2.65. The number of aliphatic hydroxyl groups is 1. The van der Waals surface area contributed by atoms with E-state index in [0.29, 0.717) is 29.4 Å². The van der Waals surface area contributed by atoms with Gasteiger partial charge in [-0.15, -0.1) is 0 Å². The minimum atomic E-state index is -0.122. The zero-order valence-electron chi connectivity index (χ0n) is 21.4. The number of hydrogen-bond donors (Lipinski definition) is 2. The Morgan fingerprint density at radius 1 is 1.21 bits per heavy atom. The molecule has 0 radical (unpaired) electrons. The maximum Gasteiger partial charge on any atom is 0.0937 e. The maximum absolute atomic E-state index is 10.3. The lowest BCUT2D eigenvalue weighted by atomic mass is 9.56. The second kappa shape index (κ2) is 7.91. The topological polar surface area (TPSA) is 58.7 Å². The molecule has 33 heavy (non-hydrogen) atoms. The quantitative estimate of drug-likeness (QED) is 0.595. The number of allylic oxidation sites excluding steroid dienone is 2. The Kier molecular flexibility index (Phi) is 5.46. The van der Waals surface area contributed by atoms with Gasteiger partial charge in [0, 0.05) is 31.6 Å². The van der Waals surface area contributed by atoms with Crippen LogP contribution in [0.4, 0.5) is 0 Å². The number of nitrogens with zero attached hydrogens (tertiary/aromatic N) is 1. The van der Waals surface area contributed by atoms with Gasteiger partial charge in [0.2, 0.25) is 0 Å². The van der Waals surface area contributed by atoms with Crippen LogP contribution in [0.1, 0.15) is 79.1 Å². The molecule has 10 atom stereocenters. The van der Waals surface area contributed by atoms with Gasteiger partial charge in [-0.1, -0.05) is 38.0 Å². The van der Waals surface area contributed by atoms with Crippen molar-refractivity contribution < 1.29 is 9.84 Å². The molecule has 4 aliphatic carbocycles. The number of fused-ring (bicyclic) bond motifs is 6. The number of likely N-dealkylation sites (tertiary alicyclic amines) is 1. The van der Waals surface area contributed by atoms with Crippen LogP contribution in [0.3, 0.4) is 0 Å². The second-order valence-electron chi connectivity index (χ2n) is 13.0. The zero-order valence-corrected chi connectivity index (χ0v) is 21.4. The van der Waals surface area contributed by atoms with E-state index in [1.165, 1.54) is 38.6 Å². The van der Waals surface area contributed by atoms with Crippen LogP contribution in [-0.4, -0.2) is 53.5 Å². The lowest BCUT2D eigenvalue weighted by Gasteiger charge is -2.49. The molecule has 184 valence electrons. The Balaban J connectivity index is 1.33. The van der Waals surface area contributed by atoms with Crippen molar-refractivity contribution in [2.75, 3.05) is 19.6 Å². The lowest BCUT2D eigenvalue weighted by Crippen LogP contribution is -2.53. The largest absolute Gasteiger partial charge is 0.393 e. The molecule has 2 aliphatic heterocycles. The summed E-state index contributed by atoms with van der Waals surface area (Å²) in [6.45, 7) is 12.8. The fourth-order valence-corrected chi connectivity index (χ4v) is 9.89. The fraction of sp³-hybridized carbons (Fsp3) is 0.862. The van der Waals surface area contributed by atoms with Gasteiger partial charge in [-0.25, -0.2) is 0 Å². The summed E-state index contributed by atoms with van der Waals surface area (Å²) in [4.78, 5) is 2.67. The van der Waals surface area contributed by atoms with Crippen LogP contribution < -0.4 is 5.73 Å². The average Bonchev–Trinajstić information content (AvgIpc) is 3.29. The van der Waals surface area contributed by atoms with Gasteiger partial charge in [0.1, 0.15) is 0 Å². The molecule has 0 aromatic rings. The molecule has 6 aliphatic rings. The Hall–Kier alpha value is -0.680. The molecule has 0 aromatic carbocycles. The number of piperidine rings is 1. The average molecular weight is 455 g/mol. The minimum absolute atomic E-state index is 0.0640. The standard InChI is InChI=1S/C29H46N2O2/c1-17-13-26-27(31(16-17)12-11-30)19(3)29(33-26)10-8-22-23-6-5-20-14-21(32)7-9-28(20,4)25(23)15-24(22)18(29)2/h5,17,19,21-23,25-27,32H,6-16,30H2,1-4H3/t17-,19+,21-,22-,23-,25-,26+,27-,28-,29?/m0/s1. The van der Waals surface area contributed by atoms with Crippen LogP contribution in [-0.2, 0) is 4.74 Å². The van der Waals surface area contributed by atoms with Crippen molar-refractivity contribution in [3.8, 4) is 0 Å². The van der Waals surface area contributed by atoms with Crippen molar-refractivity contribution >= 4 is 0 Å². The van der Waals surface area contributed by atoms with E-state index in [-0.39, 0.29) is 11.7 Å². The molecule has 4 fully saturated rings. The highest BCUT2D eigenvalue weighted by molar-refractivity contribution is 5.38. The summed E-state index contributed by atoms with van der Waals surface area (Å²) in [5, 5.41) is 10.3. The Morgan fingerprint density at radius 3 is 2.82 bits per heavy atom. The molecular weight excluding hydrogens is 408 g/mol. The summed E-state index contributed by atoms with van der Waals surface area (Å²) >= 11 is 0. The molecular formula is C29H46N2O2. The number of ether oxygens (including phenoxy) is 1. The minimum Gasteiger partial charge on any atom is -0.393 e. The van der Waals surface area contributed by atoms with Gasteiger partial charge in [0.05, 0.1) is 17.8 Å². The van der Waals surface area contributed by atoms with Crippen LogP contribution in [0.2, 0.25) is 0 Å². The summed E-state index contributed by atoms with van der Waals surface area (Å²) in [7, 11) is 0. The molecule has 0 bridgehead atoms. The van der Waals surface area contributed by atoms with Crippen LogP contribution >= 0.6 is 0 Å². The molecule has 1 spiro atoms. The first-order chi connectivity index (χ1) is 15.8. The first-order valence-electron chi connectivity index (χ1n) is 14.0. The summed E-state index contributed by atoms with van der Waals surface area (Å²) in [6.07, 6.45) is 12.0. The van der Waals surface area contributed by atoms with E-state index in [1.54, 1.807) is 16.7 Å². The van der Waals surface area contributed by atoms with Crippen molar-refractivity contribution in [3.63, 3.8) is 0 Å². The van der Waals surface area contributed by atoms with Gasteiger partial charge in [0.25, 0.3) is 0 Å². The number of hydrogen-bond acceptors (Lipinski definition) is 4. The number of nitrogens with two attached hydrogens (primary N) is 1. The second-order valence-corrected chi connectivity index (χ2v) is 13.0. The molecule has 2 saturated carbocycles. The van der Waals surface area contributed by atoms with Gasteiger partial charge in [-0.3, -0.25) is 4.90 Å². The van der Waals surface area contributed by atoms with Crippen molar-refractivity contribution in [2.24, 2.45) is 40.7 Å². The summed E-state index contributed by atoms with van der Waals surface area (Å²) < 4.78 is 7.19. The zero-order chi connectivity index (χ0) is 23.1. The van der Waals surface area contributed by atoms with E-state index in [9.17, 15) is 5.11 Å². The maximum atomic E-state index is 10.3. The Morgan fingerprint density at radius 2 is 2.03 bits per heavy atom. The van der Waals surface area contributed by atoms with E-state index < -0.39 is 0 Å². The fourth-order valence-electron chi connectivity index (χ4n) is 9.89. The molecule has 6 rings (SSSR count). The summed E-state index contributed by atoms with van der Waals surface area (Å²) in [5.74, 6) is 3.52. The molecule has 0 amide bonds. The first kappa shape index (κ1) is 22.8. The van der Waals surface area contributed by atoms with Gasteiger partial charge >= 0.3 is 0 Å². The van der Waals surface area contributed by atoms with Gasteiger partial charge in [0.15, 0.2) is 0 Å². The third-order valence-electron chi connectivity index (χ3n) is 11.5. The van der Waals surface area contributed by atoms with Gasteiger partial charge < -0.3 is 15.6 Å². The van der Waals surface area contributed by atoms with Gasteiger partial charge in [-0.2, -0.15) is 0 Å². The predicted octanol–water partition coefficient (Wildman–Crippen LogP) is 4.67. The van der Waals surface area contributed by atoms with E-state index in [0.717, 1.165) is 50.1 Å². The van der Waals surface area contributed by atoms with E-state index in [4.69, 9.17) is 10.5 Å². The molecule has 2 heterocycles. The van der Waals surface area contributed by atoms with Crippen molar-refractivity contribution in [3.05, 3.63) is 22.8 Å². The Labute approximate surface area is 201 Å². The number of rotatable bonds is 2. The van der Waals surface area contributed by atoms with Crippen LogP contribution in [0.25, 0.3) is 0 Å². The van der Waals surface area contributed by atoms with Crippen LogP contribution in [0.15, 0.2) is 22.8 Å². The van der Waals surface area contributed by atoms with Crippen molar-refractivity contribution in [1.82, 2.24) is 4.90 Å². The normalized spacial score (nSPS) is 51.8. The SMILES string of the molecule is CC1=C2C[C@H]3[C@@H](CC=C4C[C@@H](O)CC[C@@]43C)[C@@H]2CCC12O[C@@H]1C[C@H](C)CN(CCN)[C@H]1[C@H]2C. The molecule has 2 saturated heterocycles.